The number of fused-ring (bicyclic) bond motifs is 1. The normalized spacial score (nSPS) is 39.5. The van der Waals surface area contributed by atoms with E-state index in [0.29, 0.717) is 12.1 Å². The Hall–Kier alpha value is -0.940. The number of hydrogen-bond acceptors (Lipinski definition) is 5. The molecule has 0 aromatic carbocycles. The van der Waals surface area contributed by atoms with Crippen molar-refractivity contribution in [2.45, 2.75) is 37.5 Å². The third kappa shape index (κ3) is 1.77. The second kappa shape index (κ2) is 3.90. The van der Waals surface area contributed by atoms with Gasteiger partial charge in [-0.3, -0.25) is 15.3 Å². The smallest absolute Gasteiger partial charge is 0.123 e. The molecule has 0 aromatic heterocycles. The second-order valence-electron chi connectivity index (χ2n) is 4.37. The van der Waals surface area contributed by atoms with Gasteiger partial charge in [-0.2, -0.15) is 0 Å². The van der Waals surface area contributed by atoms with Crippen molar-refractivity contribution < 1.29 is 0 Å². The maximum atomic E-state index is 4.67. The lowest BCUT2D eigenvalue weighted by Crippen LogP contribution is -2.51. The molecule has 0 saturated carbocycles. The standard InChI is InChI=1S/C10H17N5/c1-2-4-12-7(3-1)10-14-8-5-11-6-13-9(8)15-10/h6-8,10,12,14H,1-5H2,(H,11,13,15). The van der Waals surface area contributed by atoms with Gasteiger partial charge in [0.2, 0.25) is 0 Å². The van der Waals surface area contributed by atoms with Gasteiger partial charge >= 0.3 is 0 Å². The monoisotopic (exact) mass is 207 g/mol. The molecule has 1 fully saturated rings. The van der Waals surface area contributed by atoms with Gasteiger partial charge in [0.05, 0.1) is 18.9 Å². The van der Waals surface area contributed by atoms with E-state index in [1.807, 2.05) is 0 Å². The van der Waals surface area contributed by atoms with Gasteiger partial charge in [0.15, 0.2) is 0 Å². The summed E-state index contributed by atoms with van der Waals surface area (Å²) >= 11 is 0. The van der Waals surface area contributed by atoms with Crippen LogP contribution in [0.4, 0.5) is 0 Å². The van der Waals surface area contributed by atoms with Crippen LogP contribution in [0.5, 0.6) is 0 Å². The van der Waals surface area contributed by atoms with Crippen molar-refractivity contribution >= 4 is 12.2 Å². The summed E-state index contributed by atoms with van der Waals surface area (Å²) in [5.74, 6) is 1.06. The summed E-state index contributed by atoms with van der Waals surface area (Å²) in [4.78, 5) is 8.87. The van der Waals surface area contributed by atoms with E-state index in [-0.39, 0.29) is 6.17 Å². The Labute approximate surface area is 89.4 Å². The van der Waals surface area contributed by atoms with E-state index in [0.717, 1.165) is 18.9 Å². The van der Waals surface area contributed by atoms with E-state index < -0.39 is 0 Å². The Morgan fingerprint density at radius 1 is 1.33 bits per heavy atom. The first-order valence-corrected chi connectivity index (χ1v) is 5.75. The predicted molar refractivity (Wildman–Crippen MR) is 60.3 cm³/mol. The zero-order chi connectivity index (χ0) is 10.1. The molecule has 3 atom stereocenters. The molecule has 0 bridgehead atoms. The first kappa shape index (κ1) is 9.30. The summed E-state index contributed by atoms with van der Waals surface area (Å²) in [7, 11) is 0. The van der Waals surface area contributed by atoms with Crippen LogP contribution in [0.15, 0.2) is 9.98 Å². The van der Waals surface area contributed by atoms with Gasteiger partial charge in [-0.15, -0.1) is 0 Å². The van der Waals surface area contributed by atoms with Crippen LogP contribution in [0.1, 0.15) is 19.3 Å². The SMILES string of the molecule is C1=NCC2NC(C3CCCCN3)N=C2N1. The third-order valence-corrected chi connectivity index (χ3v) is 3.30. The van der Waals surface area contributed by atoms with Crippen molar-refractivity contribution in [3.63, 3.8) is 0 Å². The predicted octanol–water partition coefficient (Wildman–Crippen LogP) is -0.544. The topological polar surface area (TPSA) is 60.8 Å². The van der Waals surface area contributed by atoms with Crippen molar-refractivity contribution in [1.82, 2.24) is 16.0 Å². The summed E-state index contributed by atoms with van der Waals surface area (Å²) in [6.07, 6.45) is 5.81. The van der Waals surface area contributed by atoms with Crippen molar-refractivity contribution in [3.8, 4) is 0 Å². The maximum absolute atomic E-state index is 4.67. The quantitative estimate of drug-likeness (QED) is 0.541. The number of nitrogens with zero attached hydrogens (tertiary/aromatic N) is 2. The average molecular weight is 207 g/mol. The molecule has 82 valence electrons. The first-order valence-electron chi connectivity index (χ1n) is 5.75. The Morgan fingerprint density at radius 3 is 3.13 bits per heavy atom. The molecule has 0 aromatic rings. The highest BCUT2D eigenvalue weighted by Gasteiger charge is 2.33. The van der Waals surface area contributed by atoms with Crippen LogP contribution in [0.25, 0.3) is 0 Å². The molecule has 3 aliphatic heterocycles. The number of piperidine rings is 1. The molecule has 3 N–H and O–H groups in total. The fourth-order valence-electron chi connectivity index (χ4n) is 2.46. The Bertz CT molecular complexity index is 292. The second-order valence-corrected chi connectivity index (χ2v) is 4.37. The van der Waals surface area contributed by atoms with E-state index in [9.17, 15) is 0 Å². The van der Waals surface area contributed by atoms with Gasteiger partial charge in [-0.25, -0.2) is 0 Å². The molecule has 5 heteroatoms. The molecule has 0 radical (unpaired) electrons. The lowest BCUT2D eigenvalue weighted by molar-refractivity contribution is 0.323. The molecule has 0 aliphatic carbocycles. The molecule has 0 spiro atoms. The molecular weight excluding hydrogens is 190 g/mol. The molecule has 0 amide bonds. The van der Waals surface area contributed by atoms with Crippen LogP contribution in [0.3, 0.4) is 0 Å². The Morgan fingerprint density at radius 2 is 2.33 bits per heavy atom. The van der Waals surface area contributed by atoms with Crippen LogP contribution in [0.2, 0.25) is 0 Å². The van der Waals surface area contributed by atoms with Crippen LogP contribution in [-0.4, -0.2) is 43.5 Å². The van der Waals surface area contributed by atoms with Crippen molar-refractivity contribution in [2.75, 3.05) is 13.1 Å². The molecule has 3 unspecified atom stereocenters. The van der Waals surface area contributed by atoms with Crippen LogP contribution in [0, 0.1) is 0 Å². The first-order chi connectivity index (χ1) is 7.43. The highest BCUT2D eigenvalue weighted by atomic mass is 15.3. The Kier molecular flexibility index (Phi) is 2.42. The zero-order valence-electron chi connectivity index (χ0n) is 8.74. The van der Waals surface area contributed by atoms with E-state index >= 15 is 0 Å². The van der Waals surface area contributed by atoms with Crippen LogP contribution in [-0.2, 0) is 0 Å². The van der Waals surface area contributed by atoms with Crippen molar-refractivity contribution in [2.24, 2.45) is 9.98 Å². The fourth-order valence-corrected chi connectivity index (χ4v) is 2.46. The molecule has 5 nitrogen and oxygen atoms in total. The van der Waals surface area contributed by atoms with E-state index in [2.05, 4.69) is 25.9 Å². The van der Waals surface area contributed by atoms with E-state index in [1.54, 1.807) is 6.34 Å². The molecule has 1 saturated heterocycles. The van der Waals surface area contributed by atoms with Gasteiger partial charge in [0, 0.05) is 6.04 Å². The minimum Gasteiger partial charge on any atom is -0.334 e. The number of amidine groups is 1. The summed E-state index contributed by atoms with van der Waals surface area (Å²) in [5.41, 5.74) is 0. The van der Waals surface area contributed by atoms with Crippen LogP contribution < -0.4 is 16.0 Å². The van der Waals surface area contributed by atoms with Crippen molar-refractivity contribution in [3.05, 3.63) is 0 Å². The number of nitrogens with one attached hydrogen (secondary N) is 3. The molecule has 3 heterocycles. The average Bonchev–Trinajstić information content (AvgIpc) is 2.74. The Balaban J connectivity index is 1.67. The highest BCUT2D eigenvalue weighted by Crippen LogP contribution is 2.16. The summed E-state index contributed by atoms with van der Waals surface area (Å²) in [5, 5.41) is 10.2. The minimum absolute atomic E-state index is 0.236. The molecule has 15 heavy (non-hydrogen) atoms. The van der Waals surface area contributed by atoms with Gasteiger partial charge < -0.3 is 10.6 Å². The number of rotatable bonds is 1. The minimum atomic E-state index is 0.236. The largest absolute Gasteiger partial charge is 0.334 e. The summed E-state index contributed by atoms with van der Waals surface area (Å²) < 4.78 is 0. The van der Waals surface area contributed by atoms with Gasteiger partial charge in [0.25, 0.3) is 0 Å². The maximum Gasteiger partial charge on any atom is 0.123 e. The fraction of sp³-hybridized carbons (Fsp3) is 0.800. The number of hydrogen-bond donors (Lipinski definition) is 3. The third-order valence-electron chi connectivity index (χ3n) is 3.30. The molecule has 3 rings (SSSR count). The molecular formula is C10H17N5. The zero-order valence-corrected chi connectivity index (χ0v) is 8.74. The lowest BCUT2D eigenvalue weighted by Gasteiger charge is -2.27. The van der Waals surface area contributed by atoms with Crippen LogP contribution >= 0.6 is 0 Å². The van der Waals surface area contributed by atoms with Gasteiger partial charge in [-0.05, 0) is 19.4 Å². The molecule has 3 aliphatic rings. The van der Waals surface area contributed by atoms with Gasteiger partial charge in [-0.1, -0.05) is 6.42 Å². The summed E-state index contributed by atoms with van der Waals surface area (Å²) in [6.45, 7) is 1.94. The number of aliphatic imine (C=N–C) groups is 2. The lowest BCUT2D eigenvalue weighted by atomic mass is 10.0. The highest BCUT2D eigenvalue weighted by molar-refractivity contribution is 5.98. The van der Waals surface area contributed by atoms with Gasteiger partial charge in [0.1, 0.15) is 12.0 Å². The van der Waals surface area contributed by atoms with E-state index in [4.69, 9.17) is 0 Å². The van der Waals surface area contributed by atoms with Crippen molar-refractivity contribution in [1.29, 1.82) is 0 Å². The van der Waals surface area contributed by atoms with E-state index in [1.165, 1.54) is 19.3 Å². The summed E-state index contributed by atoms with van der Waals surface area (Å²) in [6, 6.07) is 0.808.